The van der Waals surface area contributed by atoms with Crippen molar-refractivity contribution in [1.82, 2.24) is 0 Å². The van der Waals surface area contributed by atoms with Crippen molar-refractivity contribution in [1.29, 1.82) is 0 Å². The van der Waals surface area contributed by atoms with E-state index in [4.69, 9.17) is 22.1 Å². The molecule has 0 saturated carbocycles. The first kappa shape index (κ1) is 13.8. The Morgan fingerprint density at radius 1 is 1.16 bits per heavy atom. The number of anilines is 1. The van der Waals surface area contributed by atoms with Gasteiger partial charge in [-0.3, -0.25) is 0 Å². The van der Waals surface area contributed by atoms with Crippen LogP contribution in [-0.2, 0) is 0 Å². The summed E-state index contributed by atoms with van der Waals surface area (Å²) in [6, 6.07) is 13.3. The molecule has 3 heteroatoms. The predicted octanol–water partition coefficient (Wildman–Crippen LogP) is 5.23. The van der Waals surface area contributed by atoms with Gasteiger partial charge in [-0.25, -0.2) is 0 Å². The fourth-order valence-electron chi connectivity index (χ4n) is 1.84. The van der Waals surface area contributed by atoms with Gasteiger partial charge in [0, 0.05) is 5.02 Å². The zero-order valence-electron chi connectivity index (χ0n) is 11.2. The van der Waals surface area contributed by atoms with Gasteiger partial charge in [0.05, 0.1) is 5.69 Å². The molecule has 1 unspecified atom stereocenters. The van der Waals surface area contributed by atoms with Crippen LogP contribution in [0.1, 0.15) is 31.7 Å². The van der Waals surface area contributed by atoms with Crippen molar-refractivity contribution in [2.24, 2.45) is 0 Å². The Kier molecular flexibility index (Phi) is 4.33. The van der Waals surface area contributed by atoms with Crippen molar-refractivity contribution in [2.75, 3.05) is 5.73 Å². The lowest BCUT2D eigenvalue weighted by Gasteiger charge is -2.11. The first-order valence-corrected chi connectivity index (χ1v) is 6.80. The lowest BCUT2D eigenvalue weighted by molar-refractivity contribution is 0.484. The lowest BCUT2D eigenvalue weighted by atomic mass is 9.99. The van der Waals surface area contributed by atoms with Crippen LogP contribution in [0.4, 0.5) is 5.69 Å². The standard InChI is InChI=1S/C16H18ClNO/c1-3-11(2)12-4-7-14(8-5-12)19-16-9-6-13(17)10-15(16)18/h4-11H,3,18H2,1-2H3. The molecular formula is C16H18ClNO. The van der Waals surface area contributed by atoms with E-state index in [2.05, 4.69) is 26.0 Å². The quantitative estimate of drug-likeness (QED) is 0.776. The highest BCUT2D eigenvalue weighted by atomic mass is 35.5. The molecular weight excluding hydrogens is 258 g/mol. The summed E-state index contributed by atoms with van der Waals surface area (Å²) in [5.74, 6) is 1.97. The van der Waals surface area contributed by atoms with Crippen LogP contribution in [0.25, 0.3) is 0 Å². The molecule has 0 fully saturated rings. The molecule has 0 amide bonds. The molecule has 19 heavy (non-hydrogen) atoms. The summed E-state index contributed by atoms with van der Waals surface area (Å²) in [7, 11) is 0. The Morgan fingerprint density at radius 3 is 2.42 bits per heavy atom. The number of nitrogens with two attached hydrogens (primary N) is 1. The monoisotopic (exact) mass is 275 g/mol. The molecule has 0 bridgehead atoms. The third-order valence-electron chi connectivity index (χ3n) is 3.26. The molecule has 0 aliphatic rings. The second-order valence-electron chi connectivity index (χ2n) is 4.66. The molecule has 0 aliphatic heterocycles. The number of benzene rings is 2. The number of hydrogen-bond donors (Lipinski definition) is 1. The van der Waals surface area contributed by atoms with Crippen LogP contribution in [0.3, 0.4) is 0 Å². The fraction of sp³-hybridized carbons (Fsp3) is 0.250. The van der Waals surface area contributed by atoms with E-state index < -0.39 is 0 Å². The minimum Gasteiger partial charge on any atom is -0.455 e. The van der Waals surface area contributed by atoms with Crippen molar-refractivity contribution in [2.45, 2.75) is 26.2 Å². The molecule has 0 heterocycles. The second kappa shape index (κ2) is 5.98. The summed E-state index contributed by atoms with van der Waals surface area (Å²) in [5, 5.41) is 0.608. The van der Waals surface area contributed by atoms with Gasteiger partial charge in [-0.05, 0) is 48.2 Å². The summed E-state index contributed by atoms with van der Waals surface area (Å²) in [6.07, 6.45) is 1.13. The molecule has 2 nitrogen and oxygen atoms in total. The zero-order valence-corrected chi connectivity index (χ0v) is 11.9. The van der Waals surface area contributed by atoms with E-state index in [1.807, 2.05) is 12.1 Å². The van der Waals surface area contributed by atoms with E-state index >= 15 is 0 Å². The van der Waals surface area contributed by atoms with Crippen LogP contribution >= 0.6 is 11.6 Å². The number of nitrogen functional groups attached to an aromatic ring is 1. The van der Waals surface area contributed by atoms with Crippen LogP contribution in [0.15, 0.2) is 42.5 Å². The average molecular weight is 276 g/mol. The summed E-state index contributed by atoms with van der Waals surface area (Å²) in [5.41, 5.74) is 7.72. The Balaban J connectivity index is 2.15. The highest BCUT2D eigenvalue weighted by Crippen LogP contribution is 2.30. The van der Waals surface area contributed by atoms with Crippen molar-refractivity contribution in [3.05, 3.63) is 53.1 Å². The molecule has 2 N–H and O–H groups in total. The average Bonchev–Trinajstić information content (AvgIpc) is 2.42. The van der Waals surface area contributed by atoms with E-state index in [9.17, 15) is 0 Å². The molecule has 0 saturated heterocycles. The molecule has 0 radical (unpaired) electrons. The Bertz CT molecular complexity index is 551. The van der Waals surface area contributed by atoms with Gasteiger partial charge in [-0.1, -0.05) is 37.6 Å². The number of ether oxygens (including phenoxy) is 1. The van der Waals surface area contributed by atoms with Gasteiger partial charge >= 0.3 is 0 Å². The Hall–Kier alpha value is -1.67. The first-order valence-electron chi connectivity index (χ1n) is 6.43. The van der Waals surface area contributed by atoms with E-state index in [1.54, 1.807) is 18.2 Å². The van der Waals surface area contributed by atoms with Crippen LogP contribution in [0.2, 0.25) is 5.02 Å². The number of hydrogen-bond acceptors (Lipinski definition) is 2. The van der Waals surface area contributed by atoms with Crippen molar-refractivity contribution < 1.29 is 4.74 Å². The van der Waals surface area contributed by atoms with E-state index in [0.717, 1.165) is 12.2 Å². The Morgan fingerprint density at radius 2 is 1.84 bits per heavy atom. The van der Waals surface area contributed by atoms with E-state index in [-0.39, 0.29) is 0 Å². The predicted molar refractivity (Wildman–Crippen MR) is 81.1 cm³/mol. The third-order valence-corrected chi connectivity index (χ3v) is 3.50. The molecule has 0 aromatic heterocycles. The minimum absolute atomic E-state index is 0.540. The van der Waals surface area contributed by atoms with Gasteiger partial charge in [-0.2, -0.15) is 0 Å². The summed E-state index contributed by atoms with van der Waals surface area (Å²) in [4.78, 5) is 0. The largest absolute Gasteiger partial charge is 0.455 e. The van der Waals surface area contributed by atoms with Gasteiger partial charge in [0.2, 0.25) is 0 Å². The maximum atomic E-state index is 5.86. The van der Waals surface area contributed by atoms with Gasteiger partial charge in [-0.15, -0.1) is 0 Å². The third kappa shape index (κ3) is 3.42. The normalized spacial score (nSPS) is 12.2. The first-order chi connectivity index (χ1) is 9.10. The molecule has 2 aromatic rings. The molecule has 0 spiro atoms. The summed E-state index contributed by atoms with van der Waals surface area (Å²) < 4.78 is 5.75. The van der Waals surface area contributed by atoms with Gasteiger partial charge in [0.15, 0.2) is 0 Å². The topological polar surface area (TPSA) is 35.2 Å². The number of halogens is 1. The Labute approximate surface area is 119 Å². The van der Waals surface area contributed by atoms with Crippen LogP contribution in [0, 0.1) is 0 Å². The van der Waals surface area contributed by atoms with Crippen LogP contribution < -0.4 is 10.5 Å². The van der Waals surface area contributed by atoms with E-state index in [0.29, 0.717) is 22.4 Å². The molecule has 2 aromatic carbocycles. The van der Waals surface area contributed by atoms with Gasteiger partial charge in [0.25, 0.3) is 0 Å². The molecule has 0 aliphatic carbocycles. The van der Waals surface area contributed by atoms with Gasteiger partial charge < -0.3 is 10.5 Å². The smallest absolute Gasteiger partial charge is 0.150 e. The fourth-order valence-corrected chi connectivity index (χ4v) is 2.02. The van der Waals surface area contributed by atoms with Gasteiger partial charge in [0.1, 0.15) is 11.5 Å². The SMILES string of the molecule is CCC(C)c1ccc(Oc2ccc(Cl)cc2N)cc1. The minimum atomic E-state index is 0.540. The molecule has 1 atom stereocenters. The second-order valence-corrected chi connectivity index (χ2v) is 5.10. The molecule has 100 valence electrons. The highest BCUT2D eigenvalue weighted by molar-refractivity contribution is 6.30. The highest BCUT2D eigenvalue weighted by Gasteiger charge is 2.05. The maximum absolute atomic E-state index is 5.86. The van der Waals surface area contributed by atoms with E-state index in [1.165, 1.54) is 5.56 Å². The van der Waals surface area contributed by atoms with Crippen LogP contribution in [-0.4, -0.2) is 0 Å². The van der Waals surface area contributed by atoms with Crippen molar-refractivity contribution >= 4 is 17.3 Å². The van der Waals surface area contributed by atoms with Crippen LogP contribution in [0.5, 0.6) is 11.5 Å². The zero-order chi connectivity index (χ0) is 13.8. The maximum Gasteiger partial charge on any atom is 0.150 e. The summed E-state index contributed by atoms with van der Waals surface area (Å²) in [6.45, 7) is 4.40. The van der Waals surface area contributed by atoms with Crippen molar-refractivity contribution in [3.63, 3.8) is 0 Å². The lowest BCUT2D eigenvalue weighted by Crippen LogP contribution is -1.93. The van der Waals surface area contributed by atoms with Crippen molar-refractivity contribution in [3.8, 4) is 11.5 Å². The summed E-state index contributed by atoms with van der Waals surface area (Å²) >= 11 is 5.86. The molecule has 2 rings (SSSR count). The number of rotatable bonds is 4.